The third-order valence-electron chi connectivity index (χ3n) is 4.45. The van der Waals surface area contributed by atoms with E-state index in [1.807, 2.05) is 47.9 Å². The fraction of sp³-hybridized carbons (Fsp3) is 0.0952. The minimum Gasteiger partial charge on any atom is -0.497 e. The highest BCUT2D eigenvalue weighted by atomic mass is 16.5. The van der Waals surface area contributed by atoms with E-state index in [9.17, 15) is 0 Å². The molecule has 0 radical (unpaired) electrons. The number of aromatic nitrogens is 4. The normalized spacial score (nSPS) is 11.1. The SMILES string of the molecule is [C-]#[N+]c1ccc(-n2c(C)nc3c(=N)n(/N=C\c4ccc(OC)cc4)cnc32)cc1. The minimum absolute atomic E-state index is 0.138. The zero-order chi connectivity index (χ0) is 20.4. The van der Waals surface area contributed by atoms with Crippen LogP contribution in [0.3, 0.4) is 0 Å². The number of methoxy groups -OCH3 is 1. The standard InChI is InChI=1S/C21H17N7O/c1-14-26-19-20(22)27(25-12-15-4-10-18(29-3)11-5-15)13-24-21(19)28(14)17-8-6-16(23-2)7-9-17/h4-13,22H,1,3H3/b22-20?,25-12-. The van der Waals surface area contributed by atoms with Crippen LogP contribution in [-0.2, 0) is 0 Å². The maximum absolute atomic E-state index is 8.48. The van der Waals surface area contributed by atoms with Gasteiger partial charge in [-0.15, -0.1) is 0 Å². The minimum atomic E-state index is 0.138. The quantitative estimate of drug-likeness (QED) is 0.433. The van der Waals surface area contributed by atoms with E-state index in [0.29, 0.717) is 22.7 Å². The van der Waals surface area contributed by atoms with Crippen molar-refractivity contribution in [2.75, 3.05) is 7.11 Å². The topological polar surface area (TPSA) is 85.4 Å². The van der Waals surface area contributed by atoms with Gasteiger partial charge in [-0.25, -0.2) is 19.5 Å². The molecule has 0 atom stereocenters. The molecular weight excluding hydrogens is 366 g/mol. The van der Waals surface area contributed by atoms with Gasteiger partial charge in [0.05, 0.1) is 19.9 Å². The summed E-state index contributed by atoms with van der Waals surface area (Å²) in [5.41, 5.74) is 3.43. The predicted molar refractivity (Wildman–Crippen MR) is 110 cm³/mol. The van der Waals surface area contributed by atoms with Crippen LogP contribution in [0, 0.1) is 18.9 Å². The van der Waals surface area contributed by atoms with Crippen molar-refractivity contribution in [3.05, 3.63) is 83.2 Å². The lowest BCUT2D eigenvalue weighted by Gasteiger charge is -2.06. The van der Waals surface area contributed by atoms with Crippen LogP contribution in [0.2, 0.25) is 0 Å². The average Bonchev–Trinajstić information content (AvgIpc) is 3.10. The Balaban J connectivity index is 1.73. The smallest absolute Gasteiger partial charge is 0.187 e. The molecule has 2 aromatic carbocycles. The van der Waals surface area contributed by atoms with Crippen molar-refractivity contribution in [1.29, 1.82) is 5.41 Å². The summed E-state index contributed by atoms with van der Waals surface area (Å²) in [7, 11) is 1.62. The Labute approximate surface area is 166 Å². The van der Waals surface area contributed by atoms with Gasteiger partial charge < -0.3 is 4.74 Å². The van der Waals surface area contributed by atoms with Crippen LogP contribution < -0.4 is 10.2 Å². The Bertz CT molecular complexity index is 1310. The maximum Gasteiger partial charge on any atom is 0.187 e. The van der Waals surface area contributed by atoms with Crippen molar-refractivity contribution in [3.63, 3.8) is 0 Å². The Morgan fingerprint density at radius 2 is 1.86 bits per heavy atom. The maximum atomic E-state index is 8.48. The van der Waals surface area contributed by atoms with Crippen LogP contribution in [0.4, 0.5) is 5.69 Å². The first-order valence-electron chi connectivity index (χ1n) is 8.78. The van der Waals surface area contributed by atoms with Crippen LogP contribution in [-0.4, -0.2) is 32.5 Å². The summed E-state index contributed by atoms with van der Waals surface area (Å²) in [5, 5.41) is 12.8. The van der Waals surface area contributed by atoms with Crippen molar-refractivity contribution in [2.24, 2.45) is 5.10 Å². The number of aryl methyl sites for hydroxylation is 1. The summed E-state index contributed by atoms with van der Waals surface area (Å²) in [6, 6.07) is 14.6. The Morgan fingerprint density at radius 3 is 2.52 bits per heavy atom. The molecule has 0 fully saturated rings. The van der Waals surface area contributed by atoms with Gasteiger partial charge in [0.2, 0.25) is 0 Å². The summed E-state index contributed by atoms with van der Waals surface area (Å²) >= 11 is 0. The lowest BCUT2D eigenvalue weighted by atomic mass is 10.2. The van der Waals surface area contributed by atoms with Gasteiger partial charge in [-0.1, -0.05) is 12.1 Å². The Hall–Kier alpha value is -4.25. The molecule has 29 heavy (non-hydrogen) atoms. The first-order valence-corrected chi connectivity index (χ1v) is 8.78. The second-order valence-corrected chi connectivity index (χ2v) is 6.25. The molecule has 2 heterocycles. The number of benzene rings is 2. The van der Waals surface area contributed by atoms with Gasteiger partial charge in [0.1, 0.15) is 17.9 Å². The van der Waals surface area contributed by atoms with E-state index in [4.69, 9.17) is 16.7 Å². The van der Waals surface area contributed by atoms with Crippen LogP contribution in [0.15, 0.2) is 60.0 Å². The first kappa shape index (κ1) is 18.1. The summed E-state index contributed by atoms with van der Waals surface area (Å²) in [5.74, 6) is 1.47. The molecule has 1 N–H and O–H groups in total. The molecule has 0 unspecified atom stereocenters. The number of nitrogens with zero attached hydrogens (tertiary/aromatic N) is 6. The van der Waals surface area contributed by atoms with Crippen molar-refractivity contribution >= 4 is 23.1 Å². The molecule has 0 aliphatic heterocycles. The zero-order valence-corrected chi connectivity index (χ0v) is 15.9. The van der Waals surface area contributed by atoms with E-state index in [2.05, 4.69) is 19.9 Å². The van der Waals surface area contributed by atoms with Crippen LogP contribution in [0.1, 0.15) is 11.4 Å². The number of fused-ring (bicyclic) bond motifs is 1. The Kier molecular flexibility index (Phi) is 4.63. The third kappa shape index (κ3) is 3.37. The highest BCUT2D eigenvalue weighted by molar-refractivity contribution is 5.80. The molecule has 0 amide bonds. The second-order valence-electron chi connectivity index (χ2n) is 6.25. The summed E-state index contributed by atoms with van der Waals surface area (Å²) in [6.45, 7) is 8.94. The summed E-state index contributed by atoms with van der Waals surface area (Å²) in [6.07, 6.45) is 3.15. The molecule has 0 aliphatic carbocycles. The van der Waals surface area contributed by atoms with Gasteiger partial charge in [-0.2, -0.15) is 5.10 Å². The predicted octanol–water partition coefficient (Wildman–Crippen LogP) is 3.45. The van der Waals surface area contributed by atoms with E-state index in [0.717, 1.165) is 17.0 Å². The van der Waals surface area contributed by atoms with Crippen LogP contribution >= 0.6 is 0 Å². The number of ether oxygens (including phenoxy) is 1. The molecule has 8 nitrogen and oxygen atoms in total. The van der Waals surface area contributed by atoms with Gasteiger partial charge in [0, 0.05) is 5.69 Å². The fourth-order valence-corrected chi connectivity index (χ4v) is 2.97. The van der Waals surface area contributed by atoms with Crippen molar-refractivity contribution in [1.82, 2.24) is 19.2 Å². The zero-order valence-electron chi connectivity index (χ0n) is 15.9. The molecule has 4 rings (SSSR count). The van der Waals surface area contributed by atoms with E-state index < -0.39 is 0 Å². The van der Waals surface area contributed by atoms with E-state index in [-0.39, 0.29) is 5.49 Å². The van der Waals surface area contributed by atoms with Gasteiger partial charge in [-0.3, -0.25) is 9.98 Å². The van der Waals surface area contributed by atoms with E-state index in [1.54, 1.807) is 25.5 Å². The molecule has 8 heteroatoms. The molecule has 4 aromatic rings. The monoisotopic (exact) mass is 383 g/mol. The molecular formula is C21H17N7O. The van der Waals surface area contributed by atoms with E-state index >= 15 is 0 Å². The summed E-state index contributed by atoms with van der Waals surface area (Å²) in [4.78, 5) is 12.4. The van der Waals surface area contributed by atoms with Gasteiger partial charge in [-0.05, 0) is 48.9 Å². The Morgan fingerprint density at radius 1 is 1.14 bits per heavy atom. The van der Waals surface area contributed by atoms with Crippen LogP contribution in [0.5, 0.6) is 5.75 Å². The molecule has 0 spiro atoms. The third-order valence-corrected chi connectivity index (χ3v) is 4.45. The highest BCUT2D eigenvalue weighted by Crippen LogP contribution is 2.20. The number of imidazole rings is 1. The van der Waals surface area contributed by atoms with Crippen molar-refractivity contribution < 1.29 is 4.74 Å². The fourth-order valence-electron chi connectivity index (χ4n) is 2.97. The highest BCUT2D eigenvalue weighted by Gasteiger charge is 2.13. The van der Waals surface area contributed by atoms with Crippen molar-refractivity contribution in [3.8, 4) is 11.4 Å². The molecule has 0 bridgehead atoms. The lowest BCUT2D eigenvalue weighted by molar-refractivity contribution is 0.415. The number of rotatable bonds is 4. The van der Waals surface area contributed by atoms with Crippen LogP contribution in [0.25, 0.3) is 21.7 Å². The number of hydrogen-bond donors (Lipinski definition) is 1. The number of hydrogen-bond acceptors (Lipinski definition) is 5. The molecule has 0 saturated heterocycles. The van der Waals surface area contributed by atoms with E-state index in [1.165, 1.54) is 11.0 Å². The first-order chi connectivity index (χ1) is 14.1. The lowest BCUT2D eigenvalue weighted by Crippen LogP contribution is -2.18. The number of nitrogens with one attached hydrogen (secondary N) is 1. The largest absolute Gasteiger partial charge is 0.497 e. The molecule has 0 aliphatic rings. The summed E-state index contributed by atoms with van der Waals surface area (Å²) < 4.78 is 8.39. The molecule has 2 aromatic heterocycles. The molecule has 142 valence electrons. The molecule has 0 saturated carbocycles. The van der Waals surface area contributed by atoms with Crippen molar-refractivity contribution in [2.45, 2.75) is 6.92 Å². The van der Waals surface area contributed by atoms with Gasteiger partial charge >= 0.3 is 0 Å². The second kappa shape index (κ2) is 7.40. The van der Waals surface area contributed by atoms with Gasteiger partial charge in [0.15, 0.2) is 22.3 Å². The average molecular weight is 383 g/mol. The van der Waals surface area contributed by atoms with Gasteiger partial charge in [0.25, 0.3) is 0 Å².